The van der Waals surface area contributed by atoms with Gasteiger partial charge in [-0.15, -0.1) is 0 Å². The highest BCUT2D eigenvalue weighted by Crippen LogP contribution is 2.42. The van der Waals surface area contributed by atoms with E-state index in [1.54, 1.807) is 6.20 Å². The molecule has 0 spiro atoms. The summed E-state index contributed by atoms with van der Waals surface area (Å²) in [6, 6.07) is 19.6. The number of H-pyrrole nitrogens is 1. The van der Waals surface area contributed by atoms with Crippen LogP contribution in [0.15, 0.2) is 85.2 Å². The summed E-state index contributed by atoms with van der Waals surface area (Å²) in [6.07, 6.45) is -0.557. The summed E-state index contributed by atoms with van der Waals surface area (Å²) in [4.78, 5) is 32.3. The standard InChI is InChI=1S/C31H24F3N3O3/c32-31(33,34)20-8-5-7-19(15-20)17-37-29(39)27(23-16-35-25-11-3-1-9-21(23)25)28(30(37)40)24-18-36(13-6-14-38)26-12-4-2-10-22(24)26/h1-5,7-12,15-16,18,35,38H,6,13-14,17H2. The number of aliphatic hydroxyl groups is 1. The van der Waals surface area contributed by atoms with Gasteiger partial charge in [0.15, 0.2) is 0 Å². The molecule has 0 atom stereocenters. The molecule has 0 unspecified atom stereocenters. The molecule has 0 saturated heterocycles. The fourth-order valence-corrected chi connectivity index (χ4v) is 5.40. The highest BCUT2D eigenvalue weighted by Gasteiger charge is 2.41. The van der Waals surface area contributed by atoms with Crippen molar-refractivity contribution in [3.63, 3.8) is 0 Å². The lowest BCUT2D eigenvalue weighted by Gasteiger charge is -2.16. The van der Waals surface area contributed by atoms with Crippen molar-refractivity contribution in [3.05, 3.63) is 107 Å². The molecule has 0 saturated carbocycles. The monoisotopic (exact) mass is 543 g/mol. The van der Waals surface area contributed by atoms with E-state index in [0.717, 1.165) is 38.8 Å². The predicted octanol–water partition coefficient (Wildman–Crippen LogP) is 6.00. The Bertz CT molecular complexity index is 1810. The first kappa shape index (κ1) is 25.6. The Labute approximate surface area is 226 Å². The summed E-state index contributed by atoms with van der Waals surface area (Å²) in [5, 5.41) is 10.9. The third-order valence-corrected chi connectivity index (χ3v) is 7.24. The van der Waals surface area contributed by atoms with Crippen molar-refractivity contribution in [2.75, 3.05) is 6.61 Å². The first-order chi connectivity index (χ1) is 19.3. The molecule has 1 aliphatic heterocycles. The van der Waals surface area contributed by atoms with Gasteiger partial charge in [-0.3, -0.25) is 14.5 Å². The third-order valence-electron chi connectivity index (χ3n) is 7.24. The largest absolute Gasteiger partial charge is 0.416 e. The van der Waals surface area contributed by atoms with E-state index in [1.165, 1.54) is 12.1 Å². The van der Waals surface area contributed by atoms with Gasteiger partial charge in [-0.25, -0.2) is 0 Å². The number of halogens is 3. The number of aromatic amines is 1. The number of benzene rings is 3. The van der Waals surface area contributed by atoms with Crippen LogP contribution in [-0.4, -0.2) is 38.0 Å². The van der Waals surface area contributed by atoms with Crippen LogP contribution in [-0.2, 0) is 28.9 Å². The summed E-state index contributed by atoms with van der Waals surface area (Å²) in [5.41, 5.74) is 2.46. The second-order valence-electron chi connectivity index (χ2n) is 9.72. The van der Waals surface area contributed by atoms with Crippen LogP contribution in [0, 0.1) is 0 Å². The van der Waals surface area contributed by atoms with Crippen molar-refractivity contribution in [1.82, 2.24) is 14.5 Å². The summed E-state index contributed by atoms with van der Waals surface area (Å²) >= 11 is 0. The number of hydrogen-bond acceptors (Lipinski definition) is 3. The van der Waals surface area contributed by atoms with E-state index in [4.69, 9.17) is 0 Å². The fourth-order valence-electron chi connectivity index (χ4n) is 5.40. The Kier molecular flexibility index (Phi) is 6.31. The van der Waals surface area contributed by atoms with E-state index in [-0.39, 0.29) is 29.9 Å². The van der Waals surface area contributed by atoms with Crippen molar-refractivity contribution < 1.29 is 27.9 Å². The number of hydrogen-bond donors (Lipinski definition) is 2. The van der Waals surface area contributed by atoms with Crippen LogP contribution in [0.2, 0.25) is 0 Å². The van der Waals surface area contributed by atoms with Crippen LogP contribution in [0.1, 0.15) is 28.7 Å². The molecule has 0 radical (unpaired) electrons. The summed E-state index contributed by atoms with van der Waals surface area (Å²) < 4.78 is 42.1. The van der Waals surface area contributed by atoms with E-state index in [9.17, 15) is 27.9 Å². The fraction of sp³-hybridized carbons (Fsp3) is 0.161. The highest BCUT2D eigenvalue weighted by atomic mass is 19.4. The number of aryl methyl sites for hydroxylation is 1. The zero-order valence-corrected chi connectivity index (χ0v) is 21.2. The van der Waals surface area contributed by atoms with E-state index in [1.807, 2.05) is 59.3 Å². The van der Waals surface area contributed by atoms with E-state index < -0.39 is 23.6 Å². The van der Waals surface area contributed by atoms with Crippen LogP contribution in [0.5, 0.6) is 0 Å². The van der Waals surface area contributed by atoms with Crippen LogP contribution >= 0.6 is 0 Å². The van der Waals surface area contributed by atoms with Gasteiger partial charge in [-0.1, -0.05) is 48.5 Å². The van der Waals surface area contributed by atoms with Gasteiger partial charge in [0.05, 0.1) is 23.3 Å². The maximum Gasteiger partial charge on any atom is 0.416 e. The molecule has 6 nitrogen and oxygen atoms in total. The first-order valence-electron chi connectivity index (χ1n) is 12.8. The minimum Gasteiger partial charge on any atom is -0.396 e. The Morgan fingerprint density at radius 1 is 0.825 bits per heavy atom. The number of nitrogens with zero attached hydrogens (tertiary/aromatic N) is 2. The quantitative estimate of drug-likeness (QED) is 0.247. The number of aromatic nitrogens is 2. The van der Waals surface area contributed by atoms with E-state index in [0.29, 0.717) is 24.1 Å². The van der Waals surface area contributed by atoms with Gasteiger partial charge in [-0.2, -0.15) is 13.2 Å². The third kappa shape index (κ3) is 4.28. The molecule has 2 aromatic heterocycles. The molecule has 40 heavy (non-hydrogen) atoms. The van der Waals surface area contributed by atoms with Crippen molar-refractivity contribution in [2.45, 2.75) is 25.7 Å². The van der Waals surface area contributed by atoms with Crippen molar-refractivity contribution in [2.24, 2.45) is 0 Å². The molecule has 1 aliphatic rings. The van der Waals surface area contributed by atoms with Gasteiger partial charge in [-0.05, 0) is 36.2 Å². The number of carbonyl (C=O) groups is 2. The van der Waals surface area contributed by atoms with Crippen LogP contribution < -0.4 is 0 Å². The number of carbonyl (C=O) groups excluding carboxylic acids is 2. The SMILES string of the molecule is O=C1C(c2c[nH]c3ccccc23)=C(c2cn(CCCO)c3ccccc23)C(=O)N1Cc1cccc(C(F)(F)F)c1. The normalized spacial score (nSPS) is 14.3. The van der Waals surface area contributed by atoms with Gasteiger partial charge in [0.2, 0.25) is 0 Å². The molecular formula is C31H24F3N3O3. The average molecular weight is 544 g/mol. The van der Waals surface area contributed by atoms with E-state index >= 15 is 0 Å². The lowest BCUT2D eigenvalue weighted by Crippen LogP contribution is -2.31. The summed E-state index contributed by atoms with van der Waals surface area (Å²) in [5.74, 6) is -1.15. The molecule has 2 amide bonds. The molecule has 0 aliphatic carbocycles. The topological polar surface area (TPSA) is 78.3 Å². The Morgan fingerprint density at radius 2 is 1.52 bits per heavy atom. The van der Waals surface area contributed by atoms with Crippen LogP contribution in [0.3, 0.4) is 0 Å². The molecule has 0 bridgehead atoms. The number of aliphatic hydroxyl groups excluding tert-OH is 1. The number of para-hydroxylation sites is 2. The number of amides is 2. The first-order valence-corrected chi connectivity index (χ1v) is 12.8. The average Bonchev–Trinajstić information content (AvgIpc) is 3.60. The van der Waals surface area contributed by atoms with Crippen LogP contribution in [0.4, 0.5) is 13.2 Å². The maximum absolute atomic E-state index is 14.1. The van der Waals surface area contributed by atoms with Crippen molar-refractivity contribution >= 4 is 44.8 Å². The van der Waals surface area contributed by atoms with Crippen molar-refractivity contribution in [1.29, 1.82) is 0 Å². The van der Waals surface area contributed by atoms with Crippen molar-refractivity contribution in [3.8, 4) is 0 Å². The minimum absolute atomic E-state index is 0.00664. The smallest absolute Gasteiger partial charge is 0.396 e. The number of alkyl halides is 3. The molecule has 9 heteroatoms. The Morgan fingerprint density at radius 3 is 2.27 bits per heavy atom. The zero-order valence-electron chi connectivity index (χ0n) is 21.2. The molecule has 3 aromatic carbocycles. The summed E-state index contributed by atoms with van der Waals surface area (Å²) in [6.45, 7) is 0.191. The second-order valence-corrected chi connectivity index (χ2v) is 9.72. The highest BCUT2D eigenvalue weighted by molar-refractivity contribution is 6.50. The zero-order chi connectivity index (χ0) is 28.0. The second kappa shape index (κ2) is 9.84. The molecule has 202 valence electrons. The maximum atomic E-state index is 14.1. The molecule has 2 N–H and O–H groups in total. The summed E-state index contributed by atoms with van der Waals surface area (Å²) in [7, 11) is 0. The van der Waals surface area contributed by atoms with Gasteiger partial charge < -0.3 is 14.7 Å². The molecule has 6 rings (SSSR count). The number of rotatable bonds is 7. The number of imide groups is 1. The lowest BCUT2D eigenvalue weighted by molar-refractivity contribution is -0.137. The molecule has 5 aromatic rings. The van der Waals surface area contributed by atoms with Gasteiger partial charge in [0.1, 0.15) is 0 Å². The number of fused-ring (bicyclic) bond motifs is 2. The van der Waals surface area contributed by atoms with Gasteiger partial charge >= 0.3 is 6.18 Å². The lowest BCUT2D eigenvalue weighted by atomic mass is 9.95. The number of nitrogens with one attached hydrogen (secondary N) is 1. The predicted molar refractivity (Wildman–Crippen MR) is 146 cm³/mol. The van der Waals surface area contributed by atoms with E-state index in [2.05, 4.69) is 4.98 Å². The van der Waals surface area contributed by atoms with Crippen LogP contribution in [0.25, 0.3) is 33.0 Å². The minimum atomic E-state index is -4.55. The molecular weight excluding hydrogens is 519 g/mol. The molecule has 3 heterocycles. The van der Waals surface area contributed by atoms with Gasteiger partial charge in [0.25, 0.3) is 11.8 Å². The van der Waals surface area contributed by atoms with Gasteiger partial charge in [0, 0.05) is 58.5 Å². The molecule has 0 fully saturated rings. The Hall–Kier alpha value is -4.63. The Balaban J connectivity index is 1.53.